The molecule has 1 aliphatic heterocycles. The predicted molar refractivity (Wildman–Crippen MR) is 74.4 cm³/mol. The number of rotatable bonds is 2. The summed E-state index contributed by atoms with van der Waals surface area (Å²) in [6.07, 6.45) is -6.26. The monoisotopic (exact) mass is 349 g/mol. The minimum atomic E-state index is -4.74. The number of nitriles is 1. The second-order valence-electron chi connectivity index (χ2n) is 6.18. The van der Waals surface area contributed by atoms with Crippen LogP contribution in [0.1, 0.15) is 26.3 Å². The van der Waals surface area contributed by atoms with Gasteiger partial charge in [-0.05, 0) is 13.0 Å². The molecule has 1 fully saturated rings. The van der Waals surface area contributed by atoms with E-state index in [1.54, 1.807) is 6.07 Å². The van der Waals surface area contributed by atoms with Gasteiger partial charge in [0.1, 0.15) is 0 Å². The maximum atomic E-state index is 14.0. The van der Waals surface area contributed by atoms with Gasteiger partial charge < -0.3 is 9.47 Å². The molecular weight excluding hydrogens is 333 g/mol. The molecule has 1 aliphatic rings. The molecule has 2 rings (SSSR count). The summed E-state index contributed by atoms with van der Waals surface area (Å²) in [6, 6.07) is 3.63. The molecule has 0 amide bonds. The molecule has 0 unspecified atom stereocenters. The largest absolute Gasteiger partial charge is 0.493 e. The van der Waals surface area contributed by atoms with E-state index in [1.807, 2.05) is 0 Å². The smallest absolute Gasteiger partial charge is 0.417 e. The Balaban J connectivity index is 2.73. The molecule has 8 heteroatoms. The Labute approximate surface area is 136 Å². The van der Waals surface area contributed by atoms with Crippen molar-refractivity contribution in [3.63, 3.8) is 0 Å². The van der Waals surface area contributed by atoms with E-state index in [2.05, 4.69) is 0 Å². The van der Waals surface area contributed by atoms with Crippen molar-refractivity contribution in [2.45, 2.75) is 44.1 Å². The fourth-order valence-electron chi connectivity index (χ4n) is 3.27. The first-order valence-electron chi connectivity index (χ1n) is 7.11. The molecule has 0 bridgehead atoms. The first-order chi connectivity index (χ1) is 10.9. The predicted octanol–water partition coefficient (Wildman–Crippen LogP) is 4.11. The molecule has 24 heavy (non-hydrogen) atoms. The minimum absolute atomic E-state index is 0.0454. The van der Waals surface area contributed by atoms with Crippen LogP contribution in [0.3, 0.4) is 0 Å². The maximum Gasteiger partial charge on any atom is 0.417 e. The van der Waals surface area contributed by atoms with Gasteiger partial charge in [-0.25, -0.2) is 4.39 Å². The zero-order chi connectivity index (χ0) is 18.5. The molecule has 3 nitrogen and oxygen atoms in total. The number of alkyl halides is 3. The van der Waals surface area contributed by atoms with E-state index in [0.717, 1.165) is 26.2 Å². The van der Waals surface area contributed by atoms with Gasteiger partial charge in [-0.1, -0.05) is 19.9 Å². The van der Waals surface area contributed by atoms with Crippen molar-refractivity contribution in [2.24, 2.45) is 5.92 Å². The molecule has 1 heterocycles. The van der Waals surface area contributed by atoms with Crippen molar-refractivity contribution in [3.05, 3.63) is 29.3 Å². The number of benzene rings is 1. The average molecular weight is 349 g/mol. The molecule has 1 aromatic carbocycles. The van der Waals surface area contributed by atoms with E-state index < -0.39 is 46.6 Å². The zero-order valence-corrected chi connectivity index (χ0v) is 13.5. The quantitative estimate of drug-likeness (QED) is 0.755. The summed E-state index contributed by atoms with van der Waals surface area (Å²) in [5.41, 5.74) is -4.22. The number of hydrogen-bond acceptors (Lipinski definition) is 3. The lowest BCUT2D eigenvalue weighted by Gasteiger charge is -2.36. The lowest BCUT2D eigenvalue weighted by atomic mass is 9.65. The second-order valence-corrected chi connectivity index (χ2v) is 6.18. The number of hydrogen-bond donors (Lipinski definition) is 0. The van der Waals surface area contributed by atoms with Crippen LogP contribution in [-0.4, -0.2) is 25.0 Å². The third-order valence-corrected chi connectivity index (χ3v) is 5.15. The Morgan fingerprint density at radius 2 is 1.83 bits per heavy atom. The van der Waals surface area contributed by atoms with Gasteiger partial charge in [0.05, 0.1) is 13.2 Å². The van der Waals surface area contributed by atoms with E-state index in [0.29, 0.717) is 0 Å². The van der Waals surface area contributed by atoms with Gasteiger partial charge in [0.25, 0.3) is 0 Å². The fourth-order valence-corrected chi connectivity index (χ4v) is 3.27. The summed E-state index contributed by atoms with van der Waals surface area (Å²) in [4.78, 5) is 0. The highest BCUT2D eigenvalue weighted by molar-refractivity contribution is 5.45. The molecule has 0 aliphatic carbocycles. The van der Waals surface area contributed by atoms with Crippen LogP contribution in [0.2, 0.25) is 0 Å². The first kappa shape index (κ1) is 18.5. The third kappa shape index (κ3) is 2.25. The summed E-state index contributed by atoms with van der Waals surface area (Å²) >= 11 is 0. The molecule has 4 atom stereocenters. The van der Waals surface area contributed by atoms with Crippen molar-refractivity contribution in [1.29, 1.82) is 5.26 Å². The summed E-state index contributed by atoms with van der Waals surface area (Å²) in [5, 5.41) is 9.32. The zero-order valence-electron chi connectivity index (χ0n) is 13.5. The highest BCUT2D eigenvalue weighted by Gasteiger charge is 2.69. The molecule has 0 aromatic heterocycles. The normalized spacial score (nSPS) is 33.3. The standard InChI is InChI=1S/C16H16F5NO2/c1-8-14(2,9-5-6-10(17)12(18)13(9)23-4)11(7-22)24-15(8,3)16(19,20)21/h5-6,8,11H,1-4H3/t8-,11-,14-,15+/m0/s1. The van der Waals surface area contributed by atoms with Crippen LogP contribution in [0.5, 0.6) is 5.75 Å². The van der Waals surface area contributed by atoms with Crippen LogP contribution in [-0.2, 0) is 10.2 Å². The van der Waals surface area contributed by atoms with Crippen molar-refractivity contribution < 1.29 is 31.4 Å². The number of methoxy groups -OCH3 is 1. The summed E-state index contributed by atoms with van der Waals surface area (Å²) in [5.74, 6) is -4.30. The van der Waals surface area contributed by atoms with E-state index in [-0.39, 0.29) is 5.56 Å². The third-order valence-electron chi connectivity index (χ3n) is 5.15. The van der Waals surface area contributed by atoms with Gasteiger partial charge in [-0.3, -0.25) is 0 Å². The lowest BCUT2D eigenvalue weighted by Crippen LogP contribution is -2.49. The number of ether oxygens (including phenoxy) is 2. The van der Waals surface area contributed by atoms with Gasteiger partial charge in [0.15, 0.2) is 23.3 Å². The number of nitrogens with zero attached hydrogens (tertiary/aromatic N) is 1. The van der Waals surface area contributed by atoms with Crippen LogP contribution >= 0.6 is 0 Å². The highest BCUT2D eigenvalue weighted by Crippen LogP contribution is 2.57. The number of halogens is 5. The molecule has 0 saturated carbocycles. The summed E-state index contributed by atoms with van der Waals surface area (Å²) < 4.78 is 77.9. The van der Waals surface area contributed by atoms with Crippen LogP contribution in [0.25, 0.3) is 0 Å². The Kier molecular flexibility index (Phi) is 4.30. The fraction of sp³-hybridized carbons (Fsp3) is 0.562. The molecule has 1 saturated heterocycles. The molecular formula is C16H16F5NO2. The Bertz CT molecular complexity index is 699. The van der Waals surface area contributed by atoms with Crippen LogP contribution in [0, 0.1) is 28.9 Å². The molecule has 132 valence electrons. The first-order valence-corrected chi connectivity index (χ1v) is 7.11. The van der Waals surface area contributed by atoms with E-state index >= 15 is 0 Å². The minimum Gasteiger partial charge on any atom is -0.493 e. The van der Waals surface area contributed by atoms with Gasteiger partial charge in [0, 0.05) is 16.9 Å². The van der Waals surface area contributed by atoms with Crippen LogP contribution in [0.15, 0.2) is 12.1 Å². The van der Waals surface area contributed by atoms with Crippen LogP contribution in [0.4, 0.5) is 22.0 Å². The summed E-state index contributed by atoms with van der Waals surface area (Å²) in [7, 11) is 1.08. The van der Waals surface area contributed by atoms with Gasteiger partial charge in [-0.2, -0.15) is 22.8 Å². The lowest BCUT2D eigenvalue weighted by molar-refractivity contribution is -0.271. The SMILES string of the molecule is COc1c([C@@]2(C)[C@H](C#N)O[C@@](C)(C(F)(F)F)[C@H]2C)ccc(F)c1F. The summed E-state index contributed by atoms with van der Waals surface area (Å²) in [6.45, 7) is 3.48. The van der Waals surface area contributed by atoms with E-state index in [4.69, 9.17) is 9.47 Å². The van der Waals surface area contributed by atoms with Crippen molar-refractivity contribution in [2.75, 3.05) is 7.11 Å². The Morgan fingerprint density at radius 3 is 2.29 bits per heavy atom. The van der Waals surface area contributed by atoms with E-state index in [1.165, 1.54) is 13.8 Å². The van der Waals surface area contributed by atoms with Gasteiger partial charge >= 0.3 is 6.18 Å². The maximum absolute atomic E-state index is 14.0. The molecule has 0 N–H and O–H groups in total. The van der Waals surface area contributed by atoms with Crippen molar-refractivity contribution in [3.8, 4) is 11.8 Å². The average Bonchev–Trinajstić information content (AvgIpc) is 2.72. The van der Waals surface area contributed by atoms with Gasteiger partial charge in [-0.15, -0.1) is 0 Å². The Hall–Kier alpha value is -1.88. The Morgan fingerprint density at radius 1 is 1.25 bits per heavy atom. The highest BCUT2D eigenvalue weighted by atomic mass is 19.4. The van der Waals surface area contributed by atoms with Crippen LogP contribution < -0.4 is 4.74 Å². The van der Waals surface area contributed by atoms with E-state index in [9.17, 15) is 27.2 Å². The second kappa shape index (κ2) is 5.59. The van der Waals surface area contributed by atoms with Crippen molar-refractivity contribution >= 4 is 0 Å². The molecule has 1 aromatic rings. The molecule has 0 spiro atoms. The van der Waals surface area contributed by atoms with Crippen molar-refractivity contribution in [1.82, 2.24) is 0 Å². The van der Waals surface area contributed by atoms with Gasteiger partial charge in [0.2, 0.25) is 5.82 Å². The topological polar surface area (TPSA) is 42.2 Å². The molecule has 0 radical (unpaired) electrons.